The predicted octanol–water partition coefficient (Wildman–Crippen LogP) is 3.12. The Labute approximate surface area is 117 Å². The van der Waals surface area contributed by atoms with Crippen LogP contribution in [0.3, 0.4) is 0 Å². The number of ether oxygens (including phenoxy) is 2. The van der Waals surface area contributed by atoms with Gasteiger partial charge in [-0.05, 0) is 43.0 Å². The van der Waals surface area contributed by atoms with E-state index in [9.17, 15) is 0 Å². The summed E-state index contributed by atoms with van der Waals surface area (Å²) < 4.78 is 10.8. The van der Waals surface area contributed by atoms with Crippen LogP contribution in [0.4, 0.5) is 0 Å². The minimum absolute atomic E-state index is 0.360. The van der Waals surface area contributed by atoms with Crippen LogP contribution in [0.15, 0.2) is 18.2 Å². The second-order valence-corrected chi connectivity index (χ2v) is 5.33. The number of hydrogen-bond donors (Lipinski definition) is 1. The number of methoxy groups -OCH3 is 1. The van der Waals surface area contributed by atoms with Crippen molar-refractivity contribution in [1.29, 1.82) is 0 Å². The molecule has 0 aliphatic carbocycles. The zero-order valence-corrected chi connectivity index (χ0v) is 12.8. The minimum Gasteiger partial charge on any atom is -0.492 e. The van der Waals surface area contributed by atoms with Crippen LogP contribution in [0.25, 0.3) is 0 Å². The van der Waals surface area contributed by atoms with Gasteiger partial charge in [0.05, 0.1) is 6.61 Å². The van der Waals surface area contributed by atoms with Crippen molar-refractivity contribution in [3.63, 3.8) is 0 Å². The van der Waals surface area contributed by atoms with Crippen molar-refractivity contribution in [3.8, 4) is 5.75 Å². The van der Waals surface area contributed by atoms with E-state index in [1.807, 2.05) is 0 Å². The quantitative estimate of drug-likeness (QED) is 0.733. The Morgan fingerprint density at radius 3 is 2.53 bits per heavy atom. The average Bonchev–Trinajstić information content (AvgIpc) is 2.34. The summed E-state index contributed by atoms with van der Waals surface area (Å²) in [6.45, 7) is 10.9. The Hall–Kier alpha value is -1.06. The van der Waals surface area contributed by atoms with E-state index >= 15 is 0 Å². The molecule has 1 unspecified atom stereocenters. The molecule has 108 valence electrons. The molecule has 0 bridgehead atoms. The van der Waals surface area contributed by atoms with Crippen molar-refractivity contribution >= 4 is 0 Å². The normalized spacial score (nSPS) is 12.7. The van der Waals surface area contributed by atoms with Crippen LogP contribution in [-0.4, -0.2) is 32.9 Å². The summed E-state index contributed by atoms with van der Waals surface area (Å²) in [5.41, 5.74) is 2.69. The van der Waals surface area contributed by atoms with Gasteiger partial charge in [-0.3, -0.25) is 0 Å². The van der Waals surface area contributed by atoms with Gasteiger partial charge in [-0.25, -0.2) is 0 Å². The third-order valence-electron chi connectivity index (χ3n) is 3.14. The van der Waals surface area contributed by atoms with Gasteiger partial charge in [0.15, 0.2) is 0 Å². The van der Waals surface area contributed by atoms with Crippen LogP contribution >= 0.6 is 0 Å². The van der Waals surface area contributed by atoms with E-state index in [-0.39, 0.29) is 0 Å². The molecule has 0 fully saturated rings. The van der Waals surface area contributed by atoms with Gasteiger partial charge in [0.25, 0.3) is 0 Å². The van der Waals surface area contributed by atoms with E-state index in [1.54, 1.807) is 7.11 Å². The summed E-state index contributed by atoms with van der Waals surface area (Å²) in [5, 5.41) is 3.35. The summed E-state index contributed by atoms with van der Waals surface area (Å²) in [6, 6.07) is 6.70. The third-order valence-corrected chi connectivity index (χ3v) is 3.14. The highest BCUT2D eigenvalue weighted by Crippen LogP contribution is 2.23. The van der Waals surface area contributed by atoms with E-state index < -0.39 is 0 Å². The molecule has 0 aliphatic rings. The van der Waals surface area contributed by atoms with Crippen LogP contribution in [0.5, 0.6) is 5.75 Å². The summed E-state index contributed by atoms with van der Waals surface area (Å²) in [5.74, 6) is 1.51. The highest BCUT2D eigenvalue weighted by molar-refractivity contribution is 5.36. The van der Waals surface area contributed by atoms with Gasteiger partial charge >= 0.3 is 0 Å². The van der Waals surface area contributed by atoms with Crippen LogP contribution in [0, 0.1) is 6.92 Å². The monoisotopic (exact) mass is 265 g/mol. The standard InChI is InChI=1S/C16H27NO2/c1-12(2)16-7-6-15(10-13(16)3)19-9-8-17-14(4)11-18-5/h6-7,10,12,14,17H,8-9,11H2,1-5H3. The van der Waals surface area contributed by atoms with Crippen molar-refractivity contribution < 1.29 is 9.47 Å². The van der Waals surface area contributed by atoms with Gasteiger partial charge in [-0.1, -0.05) is 19.9 Å². The predicted molar refractivity (Wildman–Crippen MR) is 80.1 cm³/mol. The van der Waals surface area contributed by atoms with Crippen LogP contribution in [0.2, 0.25) is 0 Å². The SMILES string of the molecule is COCC(C)NCCOc1ccc(C(C)C)c(C)c1. The zero-order valence-electron chi connectivity index (χ0n) is 12.8. The molecule has 1 aromatic rings. The molecular weight excluding hydrogens is 238 g/mol. The Balaban J connectivity index is 2.36. The topological polar surface area (TPSA) is 30.5 Å². The lowest BCUT2D eigenvalue weighted by atomic mass is 9.98. The second kappa shape index (κ2) is 8.18. The minimum atomic E-state index is 0.360. The first kappa shape index (κ1) is 16.0. The number of nitrogens with one attached hydrogen (secondary N) is 1. The van der Waals surface area contributed by atoms with Gasteiger partial charge in [0.1, 0.15) is 12.4 Å². The lowest BCUT2D eigenvalue weighted by molar-refractivity contribution is 0.169. The fourth-order valence-corrected chi connectivity index (χ4v) is 2.17. The van der Waals surface area contributed by atoms with Crippen LogP contribution < -0.4 is 10.1 Å². The first-order valence-electron chi connectivity index (χ1n) is 7.00. The molecule has 0 radical (unpaired) electrons. The fraction of sp³-hybridized carbons (Fsp3) is 0.625. The van der Waals surface area contributed by atoms with E-state index in [1.165, 1.54) is 11.1 Å². The second-order valence-electron chi connectivity index (χ2n) is 5.33. The summed E-state index contributed by atoms with van der Waals surface area (Å²) >= 11 is 0. The van der Waals surface area contributed by atoms with Gasteiger partial charge < -0.3 is 14.8 Å². The smallest absolute Gasteiger partial charge is 0.119 e. The maximum Gasteiger partial charge on any atom is 0.119 e. The third kappa shape index (κ3) is 5.62. The van der Waals surface area contributed by atoms with Crippen LogP contribution in [0.1, 0.15) is 37.8 Å². The molecule has 19 heavy (non-hydrogen) atoms. The summed E-state index contributed by atoms with van der Waals surface area (Å²) in [7, 11) is 1.72. The average molecular weight is 265 g/mol. The first-order chi connectivity index (χ1) is 9.04. The number of aryl methyl sites for hydroxylation is 1. The molecule has 0 aromatic heterocycles. The maximum atomic E-state index is 5.75. The van der Waals surface area contributed by atoms with Crippen LogP contribution in [-0.2, 0) is 4.74 Å². The molecule has 1 atom stereocenters. The molecule has 0 saturated carbocycles. The molecule has 0 spiro atoms. The highest BCUT2D eigenvalue weighted by atomic mass is 16.5. The molecule has 0 aliphatic heterocycles. The molecule has 1 rings (SSSR count). The number of rotatable bonds is 8. The van der Waals surface area contributed by atoms with Crippen molar-refractivity contribution in [2.24, 2.45) is 0 Å². The van der Waals surface area contributed by atoms with Crippen molar-refractivity contribution in [2.75, 3.05) is 26.9 Å². The molecule has 1 N–H and O–H groups in total. The number of hydrogen-bond acceptors (Lipinski definition) is 3. The van der Waals surface area contributed by atoms with Crippen molar-refractivity contribution in [1.82, 2.24) is 5.32 Å². The van der Waals surface area contributed by atoms with Gasteiger partial charge in [-0.15, -0.1) is 0 Å². The summed E-state index contributed by atoms with van der Waals surface area (Å²) in [6.07, 6.45) is 0. The Morgan fingerprint density at radius 2 is 1.95 bits per heavy atom. The lowest BCUT2D eigenvalue weighted by Gasteiger charge is -2.14. The molecule has 0 saturated heterocycles. The lowest BCUT2D eigenvalue weighted by Crippen LogP contribution is -2.33. The molecule has 3 heteroatoms. The van der Waals surface area contributed by atoms with Gasteiger partial charge in [-0.2, -0.15) is 0 Å². The maximum absolute atomic E-state index is 5.75. The van der Waals surface area contributed by atoms with Gasteiger partial charge in [0, 0.05) is 19.7 Å². The Kier molecular flexibility index (Phi) is 6.89. The van der Waals surface area contributed by atoms with E-state index in [2.05, 4.69) is 51.2 Å². The largest absolute Gasteiger partial charge is 0.492 e. The van der Waals surface area contributed by atoms with Gasteiger partial charge in [0.2, 0.25) is 0 Å². The molecule has 0 heterocycles. The first-order valence-corrected chi connectivity index (χ1v) is 7.00. The highest BCUT2D eigenvalue weighted by Gasteiger charge is 2.05. The molecular formula is C16H27NO2. The Bertz CT molecular complexity index is 377. The van der Waals surface area contributed by atoms with E-state index in [4.69, 9.17) is 9.47 Å². The van der Waals surface area contributed by atoms with Crippen molar-refractivity contribution in [3.05, 3.63) is 29.3 Å². The number of benzene rings is 1. The van der Waals surface area contributed by atoms with E-state index in [0.717, 1.165) is 18.9 Å². The Morgan fingerprint density at radius 1 is 1.21 bits per heavy atom. The fourth-order valence-electron chi connectivity index (χ4n) is 2.17. The molecule has 3 nitrogen and oxygen atoms in total. The van der Waals surface area contributed by atoms with Crippen molar-refractivity contribution in [2.45, 2.75) is 39.7 Å². The molecule has 1 aromatic carbocycles. The molecule has 0 amide bonds. The van der Waals surface area contributed by atoms with E-state index in [0.29, 0.717) is 18.6 Å². The summed E-state index contributed by atoms with van der Waals surface area (Å²) in [4.78, 5) is 0. The zero-order chi connectivity index (χ0) is 14.3.